The average Bonchev–Trinajstić information content (AvgIpc) is 2.25. The molecule has 1 aromatic heterocycles. The standard InChI is InChI=1S/C13H19N3O4/c1-13(2,3)20-12(19)15-5-4-8-6-10(14)9(7-16-8)11(17)18/h6-7H,4-5H2,1-3H3,(H2,14,16)(H,15,19)(H,17,18). The van der Waals surface area contributed by atoms with Gasteiger partial charge in [-0.3, -0.25) is 4.98 Å². The van der Waals surface area contributed by atoms with E-state index in [1.807, 2.05) is 0 Å². The number of ether oxygens (including phenoxy) is 1. The molecule has 1 amide bonds. The van der Waals surface area contributed by atoms with Crippen LogP contribution in [0.3, 0.4) is 0 Å². The van der Waals surface area contributed by atoms with E-state index >= 15 is 0 Å². The second kappa shape index (κ2) is 6.23. The molecular formula is C13H19N3O4. The summed E-state index contributed by atoms with van der Waals surface area (Å²) in [5.41, 5.74) is 5.78. The van der Waals surface area contributed by atoms with Crippen LogP contribution in [0.4, 0.5) is 10.5 Å². The van der Waals surface area contributed by atoms with E-state index in [0.29, 0.717) is 18.7 Å². The van der Waals surface area contributed by atoms with Crippen LogP contribution in [-0.2, 0) is 11.2 Å². The summed E-state index contributed by atoms with van der Waals surface area (Å²) in [6.07, 6.45) is 1.14. The maximum Gasteiger partial charge on any atom is 0.407 e. The molecule has 1 aromatic rings. The lowest BCUT2D eigenvalue weighted by molar-refractivity contribution is 0.0528. The zero-order valence-electron chi connectivity index (χ0n) is 11.8. The first-order chi connectivity index (χ1) is 9.19. The van der Waals surface area contributed by atoms with Crippen LogP contribution in [0, 0.1) is 0 Å². The quantitative estimate of drug-likeness (QED) is 0.769. The molecule has 7 nitrogen and oxygen atoms in total. The fourth-order valence-electron chi connectivity index (χ4n) is 1.44. The van der Waals surface area contributed by atoms with Crippen LogP contribution in [0.2, 0.25) is 0 Å². The molecule has 0 unspecified atom stereocenters. The molecule has 1 heterocycles. The predicted molar refractivity (Wildman–Crippen MR) is 73.5 cm³/mol. The number of nitrogens with zero attached hydrogens (tertiary/aromatic N) is 1. The van der Waals surface area contributed by atoms with Crippen LogP contribution >= 0.6 is 0 Å². The number of carboxylic acid groups (broad SMARTS) is 1. The van der Waals surface area contributed by atoms with E-state index in [0.717, 1.165) is 0 Å². The number of aromatic carboxylic acids is 1. The Kier molecular flexibility index (Phi) is 4.90. The van der Waals surface area contributed by atoms with E-state index in [1.165, 1.54) is 12.3 Å². The Morgan fingerprint density at radius 2 is 2.10 bits per heavy atom. The first-order valence-electron chi connectivity index (χ1n) is 6.13. The van der Waals surface area contributed by atoms with Crippen molar-refractivity contribution in [1.82, 2.24) is 10.3 Å². The van der Waals surface area contributed by atoms with Gasteiger partial charge in [-0.1, -0.05) is 0 Å². The number of alkyl carbamates (subject to hydrolysis) is 1. The van der Waals surface area contributed by atoms with Gasteiger partial charge in [0.25, 0.3) is 0 Å². The minimum absolute atomic E-state index is 0.0335. The van der Waals surface area contributed by atoms with Crippen molar-refractivity contribution in [2.75, 3.05) is 12.3 Å². The molecular weight excluding hydrogens is 262 g/mol. The minimum atomic E-state index is -1.12. The van der Waals surface area contributed by atoms with Gasteiger partial charge in [0.05, 0.1) is 0 Å². The van der Waals surface area contributed by atoms with E-state index in [1.54, 1.807) is 20.8 Å². The fraction of sp³-hybridized carbons (Fsp3) is 0.462. The van der Waals surface area contributed by atoms with Gasteiger partial charge in [-0.25, -0.2) is 9.59 Å². The lowest BCUT2D eigenvalue weighted by atomic mass is 10.2. The maximum absolute atomic E-state index is 11.4. The Balaban J connectivity index is 2.49. The van der Waals surface area contributed by atoms with Crippen LogP contribution in [0.1, 0.15) is 36.8 Å². The molecule has 0 aliphatic carbocycles. The third kappa shape index (κ3) is 5.13. The third-order valence-corrected chi connectivity index (χ3v) is 2.27. The maximum atomic E-state index is 11.4. The average molecular weight is 281 g/mol. The third-order valence-electron chi connectivity index (χ3n) is 2.27. The number of aromatic nitrogens is 1. The number of carbonyl (C=O) groups excluding carboxylic acids is 1. The van der Waals surface area contributed by atoms with E-state index in [2.05, 4.69) is 10.3 Å². The minimum Gasteiger partial charge on any atom is -0.478 e. The number of nitrogens with two attached hydrogens (primary N) is 1. The molecule has 0 aromatic carbocycles. The van der Waals surface area contributed by atoms with Gasteiger partial charge in [0.1, 0.15) is 11.2 Å². The van der Waals surface area contributed by atoms with Crippen molar-refractivity contribution in [2.24, 2.45) is 0 Å². The number of carboxylic acids is 1. The van der Waals surface area contributed by atoms with Gasteiger partial charge in [-0.2, -0.15) is 0 Å². The highest BCUT2D eigenvalue weighted by Gasteiger charge is 2.15. The van der Waals surface area contributed by atoms with E-state index in [4.69, 9.17) is 15.6 Å². The molecule has 0 saturated carbocycles. The summed E-state index contributed by atoms with van der Waals surface area (Å²) in [5, 5.41) is 11.4. The Morgan fingerprint density at radius 1 is 1.45 bits per heavy atom. The zero-order chi connectivity index (χ0) is 15.3. The molecule has 0 aliphatic heterocycles. The smallest absolute Gasteiger partial charge is 0.407 e. The van der Waals surface area contributed by atoms with E-state index < -0.39 is 17.7 Å². The molecule has 0 fully saturated rings. The molecule has 1 rings (SSSR count). The molecule has 110 valence electrons. The number of nitrogens with one attached hydrogen (secondary N) is 1. The molecule has 0 saturated heterocycles. The van der Waals surface area contributed by atoms with Crippen LogP contribution in [0.5, 0.6) is 0 Å². The lowest BCUT2D eigenvalue weighted by Gasteiger charge is -2.19. The summed E-state index contributed by atoms with van der Waals surface area (Å²) in [6.45, 7) is 5.66. The van der Waals surface area contributed by atoms with Gasteiger partial charge >= 0.3 is 12.1 Å². The van der Waals surface area contributed by atoms with Gasteiger partial charge in [0.2, 0.25) is 0 Å². The largest absolute Gasteiger partial charge is 0.478 e. The number of rotatable bonds is 4. The van der Waals surface area contributed by atoms with Crippen LogP contribution < -0.4 is 11.1 Å². The van der Waals surface area contributed by atoms with Crippen LogP contribution in [0.15, 0.2) is 12.3 Å². The van der Waals surface area contributed by atoms with E-state index in [-0.39, 0.29) is 11.3 Å². The van der Waals surface area contributed by atoms with Crippen molar-refractivity contribution in [2.45, 2.75) is 32.8 Å². The first kappa shape index (κ1) is 15.7. The van der Waals surface area contributed by atoms with Crippen molar-refractivity contribution >= 4 is 17.7 Å². The van der Waals surface area contributed by atoms with Crippen molar-refractivity contribution in [3.05, 3.63) is 23.5 Å². The number of amides is 1. The molecule has 7 heteroatoms. The van der Waals surface area contributed by atoms with Crippen molar-refractivity contribution in [3.63, 3.8) is 0 Å². The first-order valence-corrected chi connectivity index (χ1v) is 6.13. The number of hydrogen-bond acceptors (Lipinski definition) is 5. The number of carbonyl (C=O) groups is 2. The number of pyridine rings is 1. The second-order valence-corrected chi connectivity index (χ2v) is 5.25. The predicted octanol–water partition coefficient (Wildman–Crippen LogP) is 1.43. The topological polar surface area (TPSA) is 115 Å². The highest BCUT2D eigenvalue weighted by Crippen LogP contribution is 2.12. The summed E-state index contributed by atoms with van der Waals surface area (Å²) in [6, 6.07) is 1.49. The highest BCUT2D eigenvalue weighted by molar-refractivity contribution is 5.93. The Morgan fingerprint density at radius 3 is 2.60 bits per heavy atom. The summed E-state index contributed by atoms with van der Waals surface area (Å²) in [5.74, 6) is -1.12. The Hall–Kier alpha value is -2.31. The van der Waals surface area contributed by atoms with Crippen LogP contribution in [-0.4, -0.2) is 34.3 Å². The SMILES string of the molecule is CC(C)(C)OC(=O)NCCc1cc(N)c(C(=O)O)cn1. The van der Waals surface area contributed by atoms with Gasteiger partial charge in [-0.15, -0.1) is 0 Å². The normalized spacial score (nSPS) is 10.9. The molecule has 4 N–H and O–H groups in total. The van der Waals surface area contributed by atoms with Gasteiger partial charge < -0.3 is 20.9 Å². The van der Waals surface area contributed by atoms with Gasteiger partial charge in [0, 0.05) is 30.5 Å². The Bertz CT molecular complexity index is 509. The monoisotopic (exact) mass is 281 g/mol. The molecule has 20 heavy (non-hydrogen) atoms. The molecule has 0 aliphatic rings. The van der Waals surface area contributed by atoms with E-state index in [9.17, 15) is 9.59 Å². The van der Waals surface area contributed by atoms with Gasteiger partial charge in [0.15, 0.2) is 0 Å². The second-order valence-electron chi connectivity index (χ2n) is 5.25. The van der Waals surface area contributed by atoms with Gasteiger partial charge in [-0.05, 0) is 26.8 Å². The zero-order valence-corrected chi connectivity index (χ0v) is 11.8. The summed E-state index contributed by atoms with van der Waals surface area (Å²) < 4.78 is 5.08. The molecule has 0 bridgehead atoms. The highest BCUT2D eigenvalue weighted by atomic mass is 16.6. The lowest BCUT2D eigenvalue weighted by Crippen LogP contribution is -2.33. The molecule has 0 spiro atoms. The fourth-order valence-corrected chi connectivity index (χ4v) is 1.44. The Labute approximate surface area is 117 Å². The van der Waals surface area contributed by atoms with Crippen molar-refractivity contribution < 1.29 is 19.4 Å². The number of hydrogen-bond donors (Lipinski definition) is 3. The number of nitrogen functional groups attached to an aromatic ring is 1. The summed E-state index contributed by atoms with van der Waals surface area (Å²) in [7, 11) is 0. The van der Waals surface area contributed by atoms with Crippen LogP contribution in [0.25, 0.3) is 0 Å². The molecule has 0 radical (unpaired) electrons. The summed E-state index contributed by atoms with van der Waals surface area (Å²) in [4.78, 5) is 26.2. The molecule has 0 atom stereocenters. The number of anilines is 1. The summed E-state index contributed by atoms with van der Waals surface area (Å²) >= 11 is 0. The van der Waals surface area contributed by atoms with Crippen molar-refractivity contribution in [3.8, 4) is 0 Å². The van der Waals surface area contributed by atoms with Crippen molar-refractivity contribution in [1.29, 1.82) is 0 Å².